The minimum Gasteiger partial charge on any atom is -0.480 e. The van der Waals surface area contributed by atoms with E-state index in [-0.39, 0.29) is 0 Å². The summed E-state index contributed by atoms with van der Waals surface area (Å²) in [6.45, 7) is 1.53. The summed E-state index contributed by atoms with van der Waals surface area (Å²) in [5.41, 5.74) is 3.78. The predicted octanol–water partition coefficient (Wildman–Crippen LogP) is 1.69. The van der Waals surface area contributed by atoms with Gasteiger partial charge in [0.25, 0.3) is 0 Å². The van der Waals surface area contributed by atoms with Gasteiger partial charge in [-0.1, -0.05) is 30.3 Å². The quantitative estimate of drug-likeness (QED) is 0.409. The SMILES string of the molecule is COc1ccc(Oc2ccc(Cc3cc([C@@H]4O[C@H](CO)[C@@H](O)[C@H](O)[C@H]4O)ccc3C)cc2)nn1. The van der Waals surface area contributed by atoms with E-state index in [0.29, 0.717) is 29.5 Å². The van der Waals surface area contributed by atoms with E-state index in [0.717, 1.165) is 16.7 Å². The van der Waals surface area contributed by atoms with Crippen LogP contribution < -0.4 is 9.47 Å². The Bertz CT molecular complexity index is 1090. The van der Waals surface area contributed by atoms with Gasteiger partial charge in [0.05, 0.1) is 13.7 Å². The minimum atomic E-state index is -1.41. The van der Waals surface area contributed by atoms with Gasteiger partial charge in [-0.3, -0.25) is 0 Å². The lowest BCUT2D eigenvalue weighted by Gasteiger charge is -2.40. The maximum atomic E-state index is 10.5. The van der Waals surface area contributed by atoms with E-state index in [2.05, 4.69) is 10.2 Å². The fourth-order valence-corrected chi connectivity index (χ4v) is 3.92. The number of aliphatic hydroxyl groups is 4. The third kappa shape index (κ3) is 5.19. The first-order chi connectivity index (χ1) is 16.4. The van der Waals surface area contributed by atoms with Crippen molar-refractivity contribution >= 4 is 0 Å². The molecule has 180 valence electrons. The molecule has 1 fully saturated rings. The summed E-state index contributed by atoms with van der Waals surface area (Å²) in [4.78, 5) is 0. The van der Waals surface area contributed by atoms with Gasteiger partial charge in [0.1, 0.15) is 36.3 Å². The van der Waals surface area contributed by atoms with Gasteiger partial charge in [-0.05, 0) is 47.7 Å². The summed E-state index contributed by atoms with van der Waals surface area (Å²) in [6.07, 6.45) is -5.30. The molecule has 0 spiro atoms. The number of rotatable bonds is 7. The van der Waals surface area contributed by atoms with E-state index in [1.54, 1.807) is 12.1 Å². The Balaban J connectivity index is 1.48. The Morgan fingerprint density at radius 3 is 2.24 bits per heavy atom. The van der Waals surface area contributed by atoms with Crippen molar-refractivity contribution in [2.45, 2.75) is 43.9 Å². The molecular weight excluding hydrogens is 440 g/mol. The number of methoxy groups -OCH3 is 1. The Morgan fingerprint density at radius 2 is 1.59 bits per heavy atom. The van der Waals surface area contributed by atoms with Crippen LogP contribution in [0.5, 0.6) is 17.5 Å². The van der Waals surface area contributed by atoms with Crippen LogP contribution in [0.25, 0.3) is 0 Å². The van der Waals surface area contributed by atoms with Gasteiger partial charge in [0.15, 0.2) is 0 Å². The average molecular weight is 469 g/mol. The second kappa shape index (κ2) is 10.5. The maximum Gasteiger partial charge on any atom is 0.239 e. The molecule has 0 unspecified atom stereocenters. The van der Waals surface area contributed by atoms with Crippen molar-refractivity contribution in [1.82, 2.24) is 10.2 Å². The lowest BCUT2D eigenvalue weighted by Crippen LogP contribution is -2.55. The van der Waals surface area contributed by atoms with Gasteiger partial charge in [-0.25, -0.2) is 0 Å². The van der Waals surface area contributed by atoms with Gasteiger partial charge in [0, 0.05) is 12.1 Å². The molecule has 4 N–H and O–H groups in total. The van der Waals surface area contributed by atoms with Crippen molar-refractivity contribution in [3.8, 4) is 17.5 Å². The van der Waals surface area contributed by atoms with E-state index in [1.807, 2.05) is 49.4 Å². The fourth-order valence-electron chi connectivity index (χ4n) is 3.92. The number of aliphatic hydroxyl groups excluding tert-OH is 4. The molecule has 0 bridgehead atoms. The number of benzene rings is 2. The fraction of sp³-hybridized carbons (Fsp3) is 0.360. The third-order valence-electron chi connectivity index (χ3n) is 5.96. The molecule has 4 rings (SSSR count). The van der Waals surface area contributed by atoms with Crippen LogP contribution in [-0.4, -0.2) is 68.8 Å². The molecule has 1 saturated heterocycles. The van der Waals surface area contributed by atoms with E-state index in [9.17, 15) is 20.4 Å². The molecule has 0 radical (unpaired) electrons. The van der Waals surface area contributed by atoms with E-state index >= 15 is 0 Å². The number of hydrogen-bond donors (Lipinski definition) is 4. The molecule has 9 nitrogen and oxygen atoms in total. The molecule has 1 aromatic heterocycles. The highest BCUT2D eigenvalue weighted by Crippen LogP contribution is 2.33. The highest BCUT2D eigenvalue weighted by atomic mass is 16.5. The topological polar surface area (TPSA) is 134 Å². The first-order valence-electron chi connectivity index (χ1n) is 10.9. The Kier molecular flexibility index (Phi) is 7.40. The number of nitrogens with zero attached hydrogens (tertiary/aromatic N) is 2. The van der Waals surface area contributed by atoms with Crippen LogP contribution in [0, 0.1) is 6.92 Å². The second-order valence-electron chi connectivity index (χ2n) is 8.27. The van der Waals surface area contributed by atoms with Crippen molar-refractivity contribution in [2.75, 3.05) is 13.7 Å². The molecular formula is C25H28N2O7. The molecule has 34 heavy (non-hydrogen) atoms. The maximum absolute atomic E-state index is 10.5. The Morgan fingerprint density at radius 1 is 0.882 bits per heavy atom. The van der Waals surface area contributed by atoms with Gasteiger partial charge < -0.3 is 34.6 Å². The smallest absolute Gasteiger partial charge is 0.239 e. The van der Waals surface area contributed by atoms with Crippen molar-refractivity contribution in [2.24, 2.45) is 0 Å². The highest BCUT2D eigenvalue weighted by molar-refractivity contribution is 5.39. The normalized spacial score (nSPS) is 24.6. The molecule has 9 heteroatoms. The third-order valence-corrected chi connectivity index (χ3v) is 5.96. The monoisotopic (exact) mass is 468 g/mol. The highest BCUT2D eigenvalue weighted by Gasteiger charge is 2.43. The first-order valence-corrected chi connectivity index (χ1v) is 10.9. The standard InChI is InChI=1S/C25H28N2O7/c1-14-3-6-16(25-24(31)23(30)22(29)19(13-28)34-25)12-17(14)11-15-4-7-18(8-5-15)33-21-10-9-20(32-2)26-27-21/h3-10,12,19,22-25,28-31H,11,13H2,1-2H3/t19-,22-,23+,24-,25+/m1/s1. The summed E-state index contributed by atoms with van der Waals surface area (Å²) in [6, 6.07) is 16.6. The summed E-state index contributed by atoms with van der Waals surface area (Å²) >= 11 is 0. The summed E-state index contributed by atoms with van der Waals surface area (Å²) in [5, 5.41) is 47.9. The van der Waals surface area contributed by atoms with E-state index < -0.39 is 37.1 Å². The van der Waals surface area contributed by atoms with Crippen LogP contribution in [0.15, 0.2) is 54.6 Å². The van der Waals surface area contributed by atoms with Crippen molar-refractivity contribution < 1.29 is 34.6 Å². The lowest BCUT2D eigenvalue weighted by atomic mass is 9.89. The van der Waals surface area contributed by atoms with E-state index in [4.69, 9.17) is 14.2 Å². The van der Waals surface area contributed by atoms with Crippen LogP contribution in [0.2, 0.25) is 0 Å². The predicted molar refractivity (Wildman–Crippen MR) is 122 cm³/mol. The van der Waals surface area contributed by atoms with Gasteiger partial charge in [-0.2, -0.15) is 0 Å². The second-order valence-corrected chi connectivity index (χ2v) is 8.27. The van der Waals surface area contributed by atoms with Crippen molar-refractivity contribution in [3.05, 3.63) is 76.9 Å². The molecule has 1 aliphatic heterocycles. The van der Waals surface area contributed by atoms with Crippen LogP contribution in [0.1, 0.15) is 28.4 Å². The molecule has 1 aliphatic rings. The number of ether oxygens (including phenoxy) is 3. The molecule has 2 aromatic carbocycles. The summed E-state index contributed by atoms with van der Waals surface area (Å²) in [7, 11) is 1.52. The number of aromatic nitrogens is 2. The molecule has 0 saturated carbocycles. The molecule has 2 heterocycles. The summed E-state index contributed by atoms with van der Waals surface area (Å²) in [5.74, 6) is 1.38. The Hall–Kier alpha value is -3.08. The summed E-state index contributed by atoms with van der Waals surface area (Å²) < 4.78 is 16.4. The van der Waals surface area contributed by atoms with Crippen LogP contribution in [-0.2, 0) is 11.2 Å². The molecule has 0 amide bonds. The molecule has 5 atom stereocenters. The van der Waals surface area contributed by atoms with Crippen molar-refractivity contribution in [3.63, 3.8) is 0 Å². The van der Waals surface area contributed by atoms with Gasteiger partial charge in [-0.15, -0.1) is 10.2 Å². The van der Waals surface area contributed by atoms with Crippen LogP contribution in [0.3, 0.4) is 0 Å². The zero-order chi connectivity index (χ0) is 24.2. The lowest BCUT2D eigenvalue weighted by molar-refractivity contribution is -0.231. The van der Waals surface area contributed by atoms with Crippen LogP contribution in [0.4, 0.5) is 0 Å². The van der Waals surface area contributed by atoms with Crippen LogP contribution >= 0.6 is 0 Å². The van der Waals surface area contributed by atoms with Gasteiger partial charge in [0.2, 0.25) is 11.8 Å². The Labute approximate surface area is 197 Å². The average Bonchev–Trinajstić information content (AvgIpc) is 2.86. The van der Waals surface area contributed by atoms with Crippen molar-refractivity contribution in [1.29, 1.82) is 0 Å². The number of aryl methyl sites for hydroxylation is 1. The minimum absolute atomic E-state index is 0.358. The van der Waals surface area contributed by atoms with Gasteiger partial charge >= 0.3 is 0 Å². The first kappa shape index (κ1) is 24.1. The zero-order valence-corrected chi connectivity index (χ0v) is 18.9. The molecule has 3 aromatic rings. The van der Waals surface area contributed by atoms with E-state index in [1.165, 1.54) is 7.11 Å². The zero-order valence-electron chi connectivity index (χ0n) is 18.9. The largest absolute Gasteiger partial charge is 0.480 e. The molecule has 0 aliphatic carbocycles. The number of hydrogen-bond acceptors (Lipinski definition) is 9.